The van der Waals surface area contributed by atoms with Gasteiger partial charge in [0.25, 0.3) is 5.91 Å². The number of carboxylic acids is 1. The summed E-state index contributed by atoms with van der Waals surface area (Å²) in [5, 5.41) is 9.47. The van der Waals surface area contributed by atoms with Crippen LogP contribution in [0.3, 0.4) is 0 Å². The lowest BCUT2D eigenvalue weighted by Crippen LogP contribution is -2.33. The zero-order chi connectivity index (χ0) is 18.2. The molecule has 0 saturated heterocycles. The molecular weight excluding hydrogens is 342 g/mol. The fourth-order valence-corrected chi connectivity index (χ4v) is 2.44. The highest BCUT2D eigenvalue weighted by Gasteiger charge is 2.19. The summed E-state index contributed by atoms with van der Waals surface area (Å²) in [6, 6.07) is 14.2. The van der Waals surface area contributed by atoms with Gasteiger partial charge in [-0.3, -0.25) is 9.59 Å². The van der Waals surface area contributed by atoms with Crippen LogP contribution in [0.15, 0.2) is 48.5 Å². The molecule has 0 heterocycles. The minimum Gasteiger partial charge on any atom is -0.488 e. The van der Waals surface area contributed by atoms with Crippen molar-refractivity contribution in [3.8, 4) is 5.75 Å². The van der Waals surface area contributed by atoms with Gasteiger partial charge in [0.05, 0.1) is 12.0 Å². The van der Waals surface area contributed by atoms with Crippen LogP contribution in [0.1, 0.15) is 29.3 Å². The average molecular weight is 362 g/mol. The van der Waals surface area contributed by atoms with E-state index in [9.17, 15) is 9.59 Å². The number of carbonyl (C=O) groups is 2. The molecule has 0 saturated carbocycles. The third-order valence-electron chi connectivity index (χ3n) is 3.69. The van der Waals surface area contributed by atoms with Crippen molar-refractivity contribution in [2.24, 2.45) is 0 Å². The first kappa shape index (κ1) is 18.8. The number of rotatable bonds is 8. The van der Waals surface area contributed by atoms with Gasteiger partial charge in [-0.15, -0.1) is 0 Å². The Morgan fingerprint density at radius 2 is 1.80 bits per heavy atom. The van der Waals surface area contributed by atoms with Crippen LogP contribution in [0, 0.1) is 0 Å². The summed E-state index contributed by atoms with van der Waals surface area (Å²) in [5.41, 5.74) is 1.36. The Kier molecular flexibility index (Phi) is 6.83. The molecule has 0 atom stereocenters. The van der Waals surface area contributed by atoms with Crippen LogP contribution in [0.4, 0.5) is 0 Å². The SMILES string of the molecule is CCN(CCC(=O)O)C(=O)c1ccccc1OCc1ccc(Cl)cc1. The minimum atomic E-state index is -0.932. The number of nitrogens with zero attached hydrogens (tertiary/aromatic N) is 1. The first-order valence-electron chi connectivity index (χ1n) is 7.98. The lowest BCUT2D eigenvalue weighted by Gasteiger charge is -2.21. The lowest BCUT2D eigenvalue weighted by molar-refractivity contribution is -0.137. The van der Waals surface area contributed by atoms with Gasteiger partial charge >= 0.3 is 5.97 Å². The number of benzene rings is 2. The zero-order valence-electron chi connectivity index (χ0n) is 13.9. The maximum absolute atomic E-state index is 12.7. The van der Waals surface area contributed by atoms with Gasteiger partial charge in [0.1, 0.15) is 12.4 Å². The second kappa shape index (κ2) is 9.08. The molecule has 0 aliphatic carbocycles. The second-order valence-electron chi connectivity index (χ2n) is 5.44. The number of amides is 1. The molecule has 5 nitrogen and oxygen atoms in total. The summed E-state index contributed by atoms with van der Waals surface area (Å²) >= 11 is 5.87. The van der Waals surface area contributed by atoms with Gasteiger partial charge in [-0.25, -0.2) is 0 Å². The Labute approximate surface area is 151 Å². The summed E-state index contributed by atoms with van der Waals surface area (Å²) < 4.78 is 5.80. The van der Waals surface area contributed by atoms with E-state index in [-0.39, 0.29) is 18.9 Å². The van der Waals surface area contributed by atoms with Gasteiger partial charge in [-0.2, -0.15) is 0 Å². The maximum Gasteiger partial charge on any atom is 0.305 e. The van der Waals surface area contributed by atoms with Crippen LogP contribution in [0.2, 0.25) is 5.02 Å². The number of hydrogen-bond acceptors (Lipinski definition) is 3. The van der Waals surface area contributed by atoms with E-state index in [0.29, 0.717) is 29.5 Å². The normalized spacial score (nSPS) is 10.3. The summed E-state index contributed by atoms with van der Waals surface area (Å²) in [6.45, 7) is 2.72. The van der Waals surface area contributed by atoms with Crippen molar-refractivity contribution >= 4 is 23.5 Å². The Hall–Kier alpha value is -2.53. The molecule has 0 fully saturated rings. The highest BCUT2D eigenvalue weighted by atomic mass is 35.5. The van der Waals surface area contributed by atoms with E-state index in [1.54, 1.807) is 36.4 Å². The number of halogens is 1. The number of carbonyl (C=O) groups excluding carboxylic acids is 1. The highest BCUT2D eigenvalue weighted by Crippen LogP contribution is 2.22. The predicted octanol–water partition coefficient (Wildman–Crippen LogP) is 3.86. The second-order valence-corrected chi connectivity index (χ2v) is 5.88. The Balaban J connectivity index is 2.11. The van der Waals surface area contributed by atoms with Crippen molar-refractivity contribution in [3.05, 3.63) is 64.7 Å². The molecule has 0 radical (unpaired) electrons. The van der Waals surface area contributed by atoms with Gasteiger partial charge < -0.3 is 14.7 Å². The van der Waals surface area contributed by atoms with Crippen LogP contribution >= 0.6 is 11.6 Å². The van der Waals surface area contributed by atoms with Gasteiger partial charge in [0.15, 0.2) is 0 Å². The fourth-order valence-electron chi connectivity index (χ4n) is 2.32. The van der Waals surface area contributed by atoms with Crippen molar-refractivity contribution in [2.75, 3.05) is 13.1 Å². The maximum atomic E-state index is 12.7. The Bertz CT molecular complexity index is 730. The number of aliphatic carboxylic acids is 1. The van der Waals surface area contributed by atoms with Crippen LogP contribution < -0.4 is 4.74 Å². The van der Waals surface area contributed by atoms with E-state index < -0.39 is 5.97 Å². The number of para-hydroxylation sites is 1. The summed E-state index contributed by atoms with van der Waals surface area (Å²) in [7, 11) is 0. The third kappa shape index (κ3) is 5.50. The van der Waals surface area contributed by atoms with Crippen LogP contribution in [-0.4, -0.2) is 35.0 Å². The third-order valence-corrected chi connectivity index (χ3v) is 3.94. The van der Waals surface area contributed by atoms with E-state index in [2.05, 4.69) is 0 Å². The molecule has 0 aliphatic rings. The van der Waals surface area contributed by atoms with Gasteiger partial charge in [0, 0.05) is 18.1 Å². The van der Waals surface area contributed by atoms with E-state index in [1.165, 1.54) is 4.90 Å². The number of ether oxygens (including phenoxy) is 1. The summed E-state index contributed by atoms with van der Waals surface area (Å²) in [6.07, 6.45) is -0.0899. The van der Waals surface area contributed by atoms with Gasteiger partial charge in [0.2, 0.25) is 0 Å². The monoisotopic (exact) mass is 361 g/mol. The van der Waals surface area contributed by atoms with Crippen molar-refractivity contribution in [2.45, 2.75) is 20.0 Å². The molecule has 132 valence electrons. The van der Waals surface area contributed by atoms with Crippen molar-refractivity contribution in [1.29, 1.82) is 0 Å². The topological polar surface area (TPSA) is 66.8 Å². The number of carboxylic acid groups (broad SMARTS) is 1. The van der Waals surface area contributed by atoms with Gasteiger partial charge in [-0.05, 0) is 36.8 Å². The molecule has 0 unspecified atom stereocenters. The van der Waals surface area contributed by atoms with Crippen molar-refractivity contribution in [1.82, 2.24) is 4.90 Å². The lowest BCUT2D eigenvalue weighted by atomic mass is 10.1. The van der Waals surface area contributed by atoms with Crippen LogP contribution in [-0.2, 0) is 11.4 Å². The fraction of sp³-hybridized carbons (Fsp3) is 0.263. The van der Waals surface area contributed by atoms with Crippen LogP contribution in [0.25, 0.3) is 0 Å². The quantitative estimate of drug-likeness (QED) is 0.775. The van der Waals surface area contributed by atoms with Crippen molar-refractivity contribution in [3.63, 3.8) is 0 Å². The Morgan fingerprint density at radius 1 is 1.12 bits per heavy atom. The van der Waals surface area contributed by atoms with Crippen molar-refractivity contribution < 1.29 is 19.4 Å². The Morgan fingerprint density at radius 3 is 2.44 bits per heavy atom. The zero-order valence-corrected chi connectivity index (χ0v) is 14.7. The molecular formula is C19H20ClNO4. The molecule has 2 aromatic carbocycles. The molecule has 0 spiro atoms. The first-order valence-corrected chi connectivity index (χ1v) is 8.36. The average Bonchev–Trinajstić information content (AvgIpc) is 2.61. The first-order chi connectivity index (χ1) is 12.0. The van der Waals surface area contributed by atoms with E-state index in [0.717, 1.165) is 5.56 Å². The molecule has 0 aromatic heterocycles. The summed E-state index contributed by atoms with van der Waals surface area (Å²) in [4.78, 5) is 25.0. The smallest absolute Gasteiger partial charge is 0.305 e. The minimum absolute atomic E-state index is 0.0899. The molecule has 0 bridgehead atoms. The van der Waals surface area contributed by atoms with E-state index in [1.807, 2.05) is 19.1 Å². The van der Waals surface area contributed by atoms with Crippen LogP contribution in [0.5, 0.6) is 5.75 Å². The van der Waals surface area contributed by atoms with Gasteiger partial charge in [-0.1, -0.05) is 35.9 Å². The highest BCUT2D eigenvalue weighted by molar-refractivity contribution is 6.30. The molecule has 2 aromatic rings. The molecule has 25 heavy (non-hydrogen) atoms. The standard InChI is InChI=1S/C19H20ClNO4/c1-2-21(12-11-18(22)23)19(24)16-5-3-4-6-17(16)25-13-14-7-9-15(20)10-8-14/h3-10H,2,11-13H2,1H3,(H,22,23). The largest absolute Gasteiger partial charge is 0.488 e. The predicted molar refractivity (Wildman–Crippen MR) is 96.1 cm³/mol. The molecule has 6 heteroatoms. The molecule has 0 aliphatic heterocycles. The van der Waals surface area contributed by atoms with E-state index in [4.69, 9.17) is 21.4 Å². The number of hydrogen-bond donors (Lipinski definition) is 1. The molecule has 2 rings (SSSR count). The molecule has 1 N–H and O–H groups in total. The molecule has 1 amide bonds. The summed E-state index contributed by atoms with van der Waals surface area (Å²) in [5.74, 6) is -0.704. The van der Waals surface area contributed by atoms with E-state index >= 15 is 0 Å².